The Labute approximate surface area is 69.6 Å². The summed E-state index contributed by atoms with van der Waals surface area (Å²) in [4.78, 5) is 0. The van der Waals surface area contributed by atoms with Crippen LogP contribution in [0.25, 0.3) is 0 Å². The highest BCUT2D eigenvalue weighted by atomic mass is 127. The lowest BCUT2D eigenvalue weighted by molar-refractivity contribution is 0.0825. The van der Waals surface area contributed by atoms with Gasteiger partial charge in [0.2, 0.25) is 0 Å². The van der Waals surface area contributed by atoms with Gasteiger partial charge in [0.1, 0.15) is 0 Å². The molecule has 0 bridgehead atoms. The first-order chi connectivity index (χ1) is 4.20. The molecule has 0 saturated carbocycles. The normalized spacial score (nSPS) is 34.9. The summed E-state index contributed by atoms with van der Waals surface area (Å²) in [5.74, 6) is 0. The molecule has 0 N–H and O–H groups in total. The second kappa shape index (κ2) is 3.01. The summed E-state index contributed by atoms with van der Waals surface area (Å²) in [6.45, 7) is 5.94. The van der Waals surface area contributed by atoms with Crippen molar-refractivity contribution in [3.63, 3.8) is 0 Å². The first-order valence-corrected chi connectivity index (χ1v) is 4.28. The van der Waals surface area contributed by atoms with E-state index in [4.69, 9.17) is 4.74 Å². The molecule has 0 amide bonds. The first-order valence-electron chi connectivity index (χ1n) is 3.20. The SMILES string of the molecule is C=C(I)C1CCC(C)O1. The van der Waals surface area contributed by atoms with Crippen LogP contribution >= 0.6 is 22.6 Å². The van der Waals surface area contributed by atoms with Crippen LogP contribution in [0.2, 0.25) is 0 Å². The monoisotopic (exact) mass is 238 g/mol. The van der Waals surface area contributed by atoms with Gasteiger partial charge in [0, 0.05) is 3.58 Å². The zero-order chi connectivity index (χ0) is 6.85. The lowest BCUT2D eigenvalue weighted by Crippen LogP contribution is -2.06. The van der Waals surface area contributed by atoms with Crippen LogP contribution in [-0.2, 0) is 4.74 Å². The largest absolute Gasteiger partial charge is 0.370 e. The van der Waals surface area contributed by atoms with Crippen LogP contribution < -0.4 is 0 Å². The molecule has 0 radical (unpaired) electrons. The first kappa shape index (κ1) is 7.54. The number of ether oxygens (including phenoxy) is 1. The smallest absolute Gasteiger partial charge is 0.0880 e. The molecular weight excluding hydrogens is 227 g/mol. The van der Waals surface area contributed by atoms with Crippen LogP contribution in [0.3, 0.4) is 0 Å². The average Bonchev–Trinajstić information content (AvgIpc) is 2.14. The molecule has 0 aliphatic carbocycles. The molecule has 2 heteroatoms. The summed E-state index contributed by atoms with van der Waals surface area (Å²) in [6.07, 6.45) is 3.12. The third-order valence-electron chi connectivity index (χ3n) is 1.58. The second-order valence-corrected chi connectivity index (χ2v) is 3.85. The van der Waals surface area contributed by atoms with Crippen molar-refractivity contribution in [3.8, 4) is 0 Å². The Morgan fingerprint density at radius 3 is 2.56 bits per heavy atom. The van der Waals surface area contributed by atoms with Crippen LogP contribution in [0, 0.1) is 0 Å². The highest BCUT2D eigenvalue weighted by molar-refractivity contribution is 14.1. The minimum Gasteiger partial charge on any atom is -0.370 e. The fourth-order valence-electron chi connectivity index (χ4n) is 1.03. The maximum Gasteiger partial charge on any atom is 0.0880 e. The average molecular weight is 238 g/mol. The summed E-state index contributed by atoms with van der Waals surface area (Å²) in [6, 6.07) is 0. The minimum absolute atomic E-state index is 0.334. The Hall–Kier alpha value is 0.430. The standard InChI is InChI=1S/C7H11IO/c1-5-3-4-7(9-5)6(2)8/h5,7H,2-4H2,1H3. The van der Waals surface area contributed by atoms with Crippen LogP contribution in [0.4, 0.5) is 0 Å². The van der Waals surface area contributed by atoms with E-state index in [1.54, 1.807) is 0 Å². The van der Waals surface area contributed by atoms with Crippen molar-refractivity contribution in [3.05, 3.63) is 10.2 Å². The molecule has 1 aliphatic rings. The van der Waals surface area contributed by atoms with Crippen LogP contribution in [-0.4, -0.2) is 12.2 Å². The number of hydrogen-bond donors (Lipinski definition) is 0. The van der Waals surface area contributed by atoms with Gasteiger partial charge in [0.15, 0.2) is 0 Å². The quantitative estimate of drug-likeness (QED) is 0.637. The van der Waals surface area contributed by atoms with Crippen LogP contribution in [0.5, 0.6) is 0 Å². The minimum atomic E-state index is 0.334. The van der Waals surface area contributed by atoms with E-state index in [0.717, 1.165) is 10.0 Å². The van der Waals surface area contributed by atoms with E-state index in [9.17, 15) is 0 Å². The van der Waals surface area contributed by atoms with Gasteiger partial charge >= 0.3 is 0 Å². The van der Waals surface area contributed by atoms with Crippen LogP contribution in [0.15, 0.2) is 10.2 Å². The zero-order valence-corrected chi connectivity index (χ0v) is 7.72. The number of rotatable bonds is 1. The highest BCUT2D eigenvalue weighted by Crippen LogP contribution is 2.26. The molecule has 1 rings (SSSR count). The zero-order valence-electron chi connectivity index (χ0n) is 5.56. The predicted octanol–water partition coefficient (Wildman–Crippen LogP) is 2.50. The molecule has 0 aromatic carbocycles. The van der Waals surface area contributed by atoms with Crippen molar-refractivity contribution >= 4 is 22.6 Å². The van der Waals surface area contributed by atoms with E-state index in [0.29, 0.717) is 12.2 Å². The Morgan fingerprint density at radius 1 is 1.67 bits per heavy atom. The summed E-state index contributed by atoms with van der Waals surface area (Å²) >= 11 is 2.24. The number of halogens is 1. The topological polar surface area (TPSA) is 9.23 Å². The van der Waals surface area contributed by atoms with Gasteiger partial charge in [0.25, 0.3) is 0 Å². The Bertz CT molecular complexity index is 122. The van der Waals surface area contributed by atoms with E-state index in [1.807, 2.05) is 0 Å². The van der Waals surface area contributed by atoms with Crippen molar-refractivity contribution in [2.75, 3.05) is 0 Å². The Morgan fingerprint density at radius 2 is 2.33 bits per heavy atom. The summed E-state index contributed by atoms with van der Waals surface area (Å²) in [7, 11) is 0. The molecule has 0 aromatic heterocycles. The van der Waals surface area contributed by atoms with Gasteiger partial charge in [-0.2, -0.15) is 0 Å². The Balaban J connectivity index is 2.39. The molecule has 1 heterocycles. The fraction of sp³-hybridized carbons (Fsp3) is 0.714. The molecule has 1 nitrogen and oxygen atoms in total. The molecule has 1 fully saturated rings. The third kappa shape index (κ3) is 1.93. The van der Waals surface area contributed by atoms with E-state index >= 15 is 0 Å². The van der Waals surface area contributed by atoms with Crippen molar-refractivity contribution in [1.29, 1.82) is 0 Å². The van der Waals surface area contributed by atoms with Crippen molar-refractivity contribution in [2.45, 2.75) is 32.0 Å². The maximum atomic E-state index is 5.52. The van der Waals surface area contributed by atoms with Gasteiger partial charge in [0.05, 0.1) is 12.2 Å². The van der Waals surface area contributed by atoms with E-state index < -0.39 is 0 Å². The molecule has 2 unspecified atom stereocenters. The van der Waals surface area contributed by atoms with Gasteiger partial charge in [-0.3, -0.25) is 0 Å². The third-order valence-corrected chi connectivity index (χ3v) is 2.28. The number of hydrogen-bond acceptors (Lipinski definition) is 1. The fourth-order valence-corrected chi connectivity index (χ4v) is 1.49. The second-order valence-electron chi connectivity index (χ2n) is 2.46. The lowest BCUT2D eigenvalue weighted by Gasteiger charge is -2.07. The van der Waals surface area contributed by atoms with Crippen molar-refractivity contribution in [1.82, 2.24) is 0 Å². The van der Waals surface area contributed by atoms with Gasteiger partial charge < -0.3 is 4.74 Å². The molecule has 52 valence electrons. The molecular formula is C7H11IO. The predicted molar refractivity (Wildman–Crippen MR) is 46.7 cm³/mol. The lowest BCUT2D eigenvalue weighted by atomic mass is 10.2. The summed E-state index contributed by atoms with van der Waals surface area (Å²) in [5.41, 5.74) is 0. The van der Waals surface area contributed by atoms with Gasteiger partial charge in [-0.15, -0.1) is 0 Å². The van der Waals surface area contributed by atoms with Crippen molar-refractivity contribution in [2.24, 2.45) is 0 Å². The molecule has 0 aromatic rings. The van der Waals surface area contributed by atoms with E-state index in [-0.39, 0.29) is 0 Å². The molecule has 2 atom stereocenters. The van der Waals surface area contributed by atoms with Crippen molar-refractivity contribution < 1.29 is 4.74 Å². The summed E-state index contributed by atoms with van der Waals surface area (Å²) in [5, 5.41) is 0. The molecule has 9 heavy (non-hydrogen) atoms. The van der Waals surface area contributed by atoms with E-state index in [2.05, 4.69) is 36.1 Å². The van der Waals surface area contributed by atoms with Gasteiger partial charge in [-0.25, -0.2) is 0 Å². The van der Waals surface area contributed by atoms with Gasteiger partial charge in [-0.05, 0) is 42.4 Å². The van der Waals surface area contributed by atoms with Crippen LogP contribution in [0.1, 0.15) is 19.8 Å². The molecule has 0 spiro atoms. The summed E-state index contributed by atoms with van der Waals surface area (Å²) < 4.78 is 6.65. The Kier molecular flexibility index (Phi) is 2.52. The van der Waals surface area contributed by atoms with E-state index in [1.165, 1.54) is 6.42 Å². The maximum absolute atomic E-state index is 5.52. The highest BCUT2D eigenvalue weighted by Gasteiger charge is 2.22. The van der Waals surface area contributed by atoms with Gasteiger partial charge in [-0.1, -0.05) is 6.58 Å². The molecule has 1 saturated heterocycles. The molecule has 1 aliphatic heterocycles.